The number of aliphatic imine (C=N–C) groups is 1. The molecule has 3 aromatic carbocycles. The highest BCUT2D eigenvalue weighted by Gasteiger charge is 2.23. The van der Waals surface area contributed by atoms with Gasteiger partial charge in [-0.1, -0.05) is 40.2 Å². The van der Waals surface area contributed by atoms with Gasteiger partial charge in [0.05, 0.1) is 34.4 Å². The Labute approximate surface area is 246 Å². The fraction of sp³-hybridized carbons (Fsp3) is 0.207. The highest BCUT2D eigenvalue weighted by molar-refractivity contribution is 9.10. The predicted octanol–water partition coefficient (Wildman–Crippen LogP) is 4.68. The van der Waals surface area contributed by atoms with Crippen LogP contribution in [-0.2, 0) is 26.0 Å². The third kappa shape index (κ3) is 7.14. The van der Waals surface area contributed by atoms with Crippen molar-refractivity contribution in [2.75, 3.05) is 31.2 Å². The van der Waals surface area contributed by atoms with Gasteiger partial charge in [0, 0.05) is 35.9 Å². The van der Waals surface area contributed by atoms with Crippen LogP contribution in [0.1, 0.15) is 23.1 Å². The zero-order valence-electron chi connectivity index (χ0n) is 22.6. The Morgan fingerprint density at radius 1 is 1.02 bits per heavy atom. The van der Waals surface area contributed by atoms with Crippen LogP contribution in [-0.4, -0.2) is 73.0 Å². The molecule has 0 atom stereocenters. The van der Waals surface area contributed by atoms with Crippen LogP contribution in [0.5, 0.6) is 5.88 Å². The Hall–Kier alpha value is -4.16. The van der Waals surface area contributed by atoms with Gasteiger partial charge in [0.15, 0.2) is 5.88 Å². The van der Waals surface area contributed by atoms with E-state index in [2.05, 4.69) is 20.9 Å². The number of carboxylic acid groups (broad SMARTS) is 1. The number of benzene rings is 3. The maximum atomic E-state index is 12.5. The Morgan fingerprint density at radius 3 is 2.37 bits per heavy atom. The lowest BCUT2D eigenvalue weighted by Crippen LogP contribution is -2.39. The summed E-state index contributed by atoms with van der Waals surface area (Å²) in [6.07, 6.45) is 1.33. The number of aromatic amines is 1. The average molecular weight is 642 g/mol. The molecule has 0 radical (unpaired) electrons. The van der Waals surface area contributed by atoms with Crippen molar-refractivity contribution in [2.45, 2.75) is 12.8 Å². The van der Waals surface area contributed by atoms with E-state index in [-0.39, 0.29) is 24.8 Å². The molecule has 0 unspecified atom stereocenters. The lowest BCUT2D eigenvalue weighted by molar-refractivity contribution is -0.137. The van der Waals surface area contributed by atoms with E-state index in [1.54, 1.807) is 44.4 Å². The number of sulfonamides is 1. The van der Waals surface area contributed by atoms with Gasteiger partial charge in [0.1, 0.15) is 6.54 Å². The van der Waals surface area contributed by atoms with Crippen molar-refractivity contribution in [3.8, 4) is 5.88 Å². The first-order chi connectivity index (χ1) is 19.3. The molecule has 0 fully saturated rings. The summed E-state index contributed by atoms with van der Waals surface area (Å²) in [5, 5.41) is 20.8. The van der Waals surface area contributed by atoms with E-state index in [0.29, 0.717) is 40.2 Å². The van der Waals surface area contributed by atoms with Crippen molar-refractivity contribution in [3.05, 3.63) is 87.9 Å². The van der Waals surface area contributed by atoms with Crippen molar-refractivity contribution in [1.82, 2.24) is 9.88 Å². The molecule has 1 amide bonds. The van der Waals surface area contributed by atoms with Crippen LogP contribution < -0.4 is 4.31 Å². The van der Waals surface area contributed by atoms with Crippen molar-refractivity contribution in [2.24, 2.45) is 4.99 Å². The Morgan fingerprint density at radius 2 is 1.73 bits per heavy atom. The number of H-pyrrole nitrogens is 1. The minimum absolute atomic E-state index is 0.0308. The van der Waals surface area contributed by atoms with Crippen LogP contribution >= 0.6 is 15.9 Å². The Balaban J connectivity index is 1.83. The summed E-state index contributed by atoms with van der Waals surface area (Å²) in [5.41, 5.74) is 3.81. The summed E-state index contributed by atoms with van der Waals surface area (Å²) in [6.45, 7) is -0.346. The molecule has 0 aliphatic rings. The Kier molecular flexibility index (Phi) is 8.83. The number of rotatable bonds is 10. The number of amides is 1. The first-order valence-corrected chi connectivity index (χ1v) is 15.2. The molecular formula is C29H29BrN4O6S. The monoisotopic (exact) mass is 640 g/mol. The first kappa shape index (κ1) is 29.8. The summed E-state index contributed by atoms with van der Waals surface area (Å²) in [5.74, 6) is -1.36. The number of nitrogens with one attached hydrogen (secondary N) is 1. The van der Waals surface area contributed by atoms with Crippen molar-refractivity contribution >= 4 is 65.8 Å². The SMILES string of the molecule is CN(C)C(=O)CN(c1ccc(N=C(c2cccc(CCC(=O)O)c2)c2c(O)[nH]c3cc(Br)ccc23)cc1)S(C)(=O)=O. The number of fused-ring (bicyclic) bond motifs is 1. The van der Waals surface area contributed by atoms with Crippen molar-refractivity contribution < 1.29 is 28.2 Å². The third-order valence-electron chi connectivity index (χ3n) is 6.36. The number of aliphatic carboxylic acids is 1. The van der Waals surface area contributed by atoms with Gasteiger partial charge in [0.2, 0.25) is 15.9 Å². The number of aryl methyl sites for hydroxylation is 1. The average Bonchev–Trinajstić information content (AvgIpc) is 3.23. The number of anilines is 1. The maximum absolute atomic E-state index is 12.5. The molecule has 4 aromatic rings. The highest BCUT2D eigenvalue weighted by atomic mass is 79.9. The smallest absolute Gasteiger partial charge is 0.303 e. The zero-order valence-corrected chi connectivity index (χ0v) is 25.0. The van der Waals surface area contributed by atoms with Crippen LogP contribution in [0, 0.1) is 0 Å². The van der Waals surface area contributed by atoms with E-state index in [9.17, 15) is 23.1 Å². The van der Waals surface area contributed by atoms with Gasteiger partial charge in [0.25, 0.3) is 0 Å². The number of halogens is 1. The number of likely N-dealkylation sites (N-methyl/N-ethyl adjacent to an activating group) is 1. The maximum Gasteiger partial charge on any atom is 0.303 e. The molecule has 0 saturated carbocycles. The zero-order chi connectivity index (χ0) is 29.9. The molecule has 0 aliphatic heterocycles. The van der Waals surface area contributed by atoms with E-state index < -0.39 is 16.0 Å². The molecule has 214 valence electrons. The summed E-state index contributed by atoms with van der Waals surface area (Å²) >= 11 is 3.44. The molecule has 3 N–H and O–H groups in total. The van der Waals surface area contributed by atoms with E-state index >= 15 is 0 Å². The number of nitrogens with zero attached hydrogens (tertiary/aromatic N) is 3. The molecule has 0 bridgehead atoms. The Bertz CT molecular complexity index is 1750. The van der Waals surface area contributed by atoms with Crippen molar-refractivity contribution in [3.63, 3.8) is 0 Å². The van der Waals surface area contributed by atoms with Crippen LogP contribution in [0.25, 0.3) is 10.9 Å². The minimum atomic E-state index is -3.74. The molecular weight excluding hydrogens is 612 g/mol. The van der Waals surface area contributed by atoms with Gasteiger partial charge in [-0.15, -0.1) is 0 Å². The summed E-state index contributed by atoms with van der Waals surface area (Å²) in [4.78, 5) is 32.6. The lowest BCUT2D eigenvalue weighted by Gasteiger charge is -2.23. The highest BCUT2D eigenvalue weighted by Crippen LogP contribution is 2.33. The van der Waals surface area contributed by atoms with Gasteiger partial charge in [-0.05, 0) is 54.4 Å². The molecule has 4 rings (SSSR count). The van der Waals surface area contributed by atoms with Gasteiger partial charge >= 0.3 is 5.97 Å². The first-order valence-electron chi connectivity index (χ1n) is 12.5. The molecule has 10 nitrogen and oxygen atoms in total. The summed E-state index contributed by atoms with van der Waals surface area (Å²) < 4.78 is 26.8. The number of aromatic hydroxyl groups is 1. The summed E-state index contributed by atoms with van der Waals surface area (Å²) in [6, 6.07) is 19.2. The van der Waals surface area contributed by atoms with Gasteiger partial charge in [-0.3, -0.25) is 13.9 Å². The number of carbonyl (C=O) groups is 2. The fourth-order valence-electron chi connectivity index (χ4n) is 4.27. The van der Waals surface area contributed by atoms with Gasteiger partial charge in [-0.25, -0.2) is 13.4 Å². The number of aromatic nitrogens is 1. The second kappa shape index (κ2) is 12.1. The minimum Gasteiger partial charge on any atom is -0.494 e. The number of hydrogen-bond acceptors (Lipinski definition) is 6. The molecule has 1 aromatic heterocycles. The molecule has 0 aliphatic carbocycles. The molecule has 1 heterocycles. The van der Waals surface area contributed by atoms with Crippen molar-refractivity contribution in [1.29, 1.82) is 0 Å². The molecule has 41 heavy (non-hydrogen) atoms. The number of carbonyl (C=O) groups excluding carboxylic acids is 1. The van der Waals surface area contributed by atoms with Crippen LogP contribution in [0.3, 0.4) is 0 Å². The fourth-order valence-corrected chi connectivity index (χ4v) is 5.48. The number of carboxylic acids is 1. The van der Waals surface area contributed by atoms with E-state index in [1.165, 1.54) is 4.90 Å². The van der Waals surface area contributed by atoms with Crippen LogP contribution in [0.4, 0.5) is 11.4 Å². The third-order valence-corrected chi connectivity index (χ3v) is 8.00. The molecule has 0 saturated heterocycles. The van der Waals surface area contributed by atoms with E-state index in [4.69, 9.17) is 10.1 Å². The van der Waals surface area contributed by atoms with E-state index in [0.717, 1.165) is 26.0 Å². The topological polar surface area (TPSA) is 143 Å². The quantitative estimate of drug-likeness (QED) is 0.215. The van der Waals surface area contributed by atoms with Crippen LogP contribution in [0.15, 0.2) is 76.2 Å². The van der Waals surface area contributed by atoms with Crippen LogP contribution in [0.2, 0.25) is 0 Å². The largest absolute Gasteiger partial charge is 0.494 e. The van der Waals surface area contributed by atoms with Gasteiger partial charge in [-0.2, -0.15) is 0 Å². The summed E-state index contributed by atoms with van der Waals surface area (Å²) in [7, 11) is -0.637. The lowest BCUT2D eigenvalue weighted by atomic mass is 9.98. The standard InChI is InChI=1S/C29H29BrN4O6S/c1-33(2)25(35)17-34(41(3,39)40)22-11-9-21(10-12-22)31-28(19-6-4-5-18(15-19)7-14-26(36)37)27-23-13-8-20(30)16-24(23)32-29(27)38/h4-6,8-13,15-16,32,38H,7,14,17H2,1-3H3,(H,36,37). The normalized spacial score (nSPS) is 12.0. The molecule has 12 heteroatoms. The predicted molar refractivity (Wildman–Crippen MR) is 163 cm³/mol. The second-order valence-electron chi connectivity index (χ2n) is 9.67. The van der Waals surface area contributed by atoms with E-state index in [1.807, 2.05) is 36.4 Å². The number of hydrogen-bond donors (Lipinski definition) is 3. The molecule has 0 spiro atoms. The second-order valence-corrected chi connectivity index (χ2v) is 12.5. The van der Waals surface area contributed by atoms with Gasteiger partial charge < -0.3 is 20.1 Å².